The zero-order valence-electron chi connectivity index (χ0n) is 8.25. The number of amides is 1. The van der Waals surface area contributed by atoms with Gasteiger partial charge in [0.25, 0.3) is 5.91 Å². The molecule has 0 radical (unpaired) electrons. The van der Waals surface area contributed by atoms with Gasteiger partial charge in [0, 0.05) is 6.54 Å². The predicted octanol–water partition coefficient (Wildman–Crippen LogP) is 1.61. The summed E-state index contributed by atoms with van der Waals surface area (Å²) in [5.74, 6) is -0.604. The van der Waals surface area contributed by atoms with Crippen LogP contribution in [0.3, 0.4) is 0 Å². The highest BCUT2D eigenvalue weighted by Gasteiger charge is 2.07. The van der Waals surface area contributed by atoms with Crippen molar-refractivity contribution in [2.24, 2.45) is 5.92 Å². The van der Waals surface area contributed by atoms with E-state index < -0.39 is 5.95 Å². The fourth-order valence-corrected chi connectivity index (χ4v) is 0.922. The van der Waals surface area contributed by atoms with E-state index in [9.17, 15) is 9.18 Å². The van der Waals surface area contributed by atoms with E-state index in [1.165, 1.54) is 18.2 Å². The molecule has 0 aliphatic heterocycles. The van der Waals surface area contributed by atoms with E-state index in [1.54, 1.807) is 0 Å². The first-order valence-corrected chi connectivity index (χ1v) is 4.50. The second-order valence-corrected chi connectivity index (χ2v) is 3.45. The topological polar surface area (TPSA) is 42.0 Å². The summed E-state index contributed by atoms with van der Waals surface area (Å²) in [7, 11) is 0. The Morgan fingerprint density at radius 2 is 2.29 bits per heavy atom. The number of nitrogens with one attached hydrogen (secondary N) is 1. The summed E-state index contributed by atoms with van der Waals surface area (Å²) in [6.45, 7) is 4.54. The number of nitrogens with zero attached hydrogens (tertiary/aromatic N) is 1. The predicted molar refractivity (Wildman–Crippen MR) is 51.4 cm³/mol. The van der Waals surface area contributed by atoms with Gasteiger partial charge >= 0.3 is 0 Å². The quantitative estimate of drug-likeness (QED) is 0.746. The molecule has 4 heteroatoms. The lowest BCUT2D eigenvalue weighted by Crippen LogP contribution is -2.28. The number of hydrogen-bond acceptors (Lipinski definition) is 2. The van der Waals surface area contributed by atoms with Crippen LogP contribution >= 0.6 is 0 Å². The number of hydrogen-bond donors (Lipinski definition) is 1. The summed E-state index contributed by atoms with van der Waals surface area (Å²) in [6, 6.07) is 4.16. The third-order valence-corrected chi connectivity index (χ3v) is 1.62. The minimum absolute atomic E-state index is 0.116. The van der Waals surface area contributed by atoms with Crippen LogP contribution in [0.1, 0.15) is 24.3 Å². The first kappa shape index (κ1) is 10.6. The van der Waals surface area contributed by atoms with E-state index in [0.29, 0.717) is 12.5 Å². The molecule has 0 saturated carbocycles. The van der Waals surface area contributed by atoms with Crippen LogP contribution in [-0.4, -0.2) is 17.4 Å². The number of aromatic nitrogens is 1. The van der Waals surface area contributed by atoms with Crippen molar-refractivity contribution in [1.29, 1.82) is 0 Å². The van der Waals surface area contributed by atoms with Gasteiger partial charge in [0.2, 0.25) is 5.95 Å². The van der Waals surface area contributed by atoms with E-state index in [-0.39, 0.29) is 11.6 Å². The lowest BCUT2D eigenvalue weighted by atomic mass is 10.2. The summed E-state index contributed by atoms with van der Waals surface area (Å²) in [4.78, 5) is 14.8. The highest BCUT2D eigenvalue weighted by molar-refractivity contribution is 5.92. The van der Waals surface area contributed by atoms with Gasteiger partial charge in [0.1, 0.15) is 5.69 Å². The van der Waals surface area contributed by atoms with Crippen molar-refractivity contribution in [1.82, 2.24) is 10.3 Å². The first-order valence-electron chi connectivity index (χ1n) is 4.50. The third kappa shape index (κ3) is 3.12. The van der Waals surface area contributed by atoms with Crippen molar-refractivity contribution in [3.63, 3.8) is 0 Å². The highest BCUT2D eigenvalue weighted by atomic mass is 19.1. The summed E-state index contributed by atoms with van der Waals surface area (Å²) in [6.07, 6.45) is 0. The fourth-order valence-electron chi connectivity index (χ4n) is 0.922. The average molecular weight is 196 g/mol. The Kier molecular flexibility index (Phi) is 3.56. The van der Waals surface area contributed by atoms with Crippen molar-refractivity contribution in [2.75, 3.05) is 6.54 Å². The molecule has 1 aromatic rings. The van der Waals surface area contributed by atoms with Crippen molar-refractivity contribution < 1.29 is 9.18 Å². The maximum Gasteiger partial charge on any atom is 0.270 e. The summed E-state index contributed by atoms with van der Waals surface area (Å²) in [5.41, 5.74) is 0.116. The molecule has 0 atom stereocenters. The normalized spacial score (nSPS) is 10.3. The number of halogens is 1. The Morgan fingerprint density at radius 1 is 1.57 bits per heavy atom. The van der Waals surface area contributed by atoms with Crippen LogP contribution in [0.5, 0.6) is 0 Å². The van der Waals surface area contributed by atoms with E-state index in [0.717, 1.165) is 0 Å². The van der Waals surface area contributed by atoms with Gasteiger partial charge < -0.3 is 5.32 Å². The molecule has 0 aliphatic rings. The second-order valence-electron chi connectivity index (χ2n) is 3.45. The van der Waals surface area contributed by atoms with Crippen LogP contribution < -0.4 is 5.32 Å². The average Bonchev–Trinajstić information content (AvgIpc) is 2.14. The molecule has 1 N–H and O–H groups in total. The maximum absolute atomic E-state index is 12.6. The van der Waals surface area contributed by atoms with E-state index in [4.69, 9.17) is 0 Å². The Morgan fingerprint density at radius 3 is 2.86 bits per heavy atom. The van der Waals surface area contributed by atoms with Gasteiger partial charge in [-0.15, -0.1) is 0 Å². The molecule has 0 fully saturated rings. The molecule has 0 spiro atoms. The summed E-state index contributed by atoms with van der Waals surface area (Å²) in [5, 5.41) is 2.66. The molecular weight excluding hydrogens is 183 g/mol. The molecule has 1 heterocycles. The molecule has 76 valence electrons. The smallest absolute Gasteiger partial charge is 0.270 e. The van der Waals surface area contributed by atoms with Crippen LogP contribution in [0.4, 0.5) is 4.39 Å². The minimum atomic E-state index is -0.637. The number of carbonyl (C=O) groups is 1. The molecular formula is C10H13FN2O. The standard InChI is InChI=1S/C10H13FN2O/c1-7(2)6-12-10(14)8-4-3-5-9(11)13-8/h3-5,7H,6H2,1-2H3,(H,12,14). The van der Waals surface area contributed by atoms with Gasteiger partial charge in [-0.2, -0.15) is 4.39 Å². The molecule has 1 amide bonds. The van der Waals surface area contributed by atoms with Crippen LogP contribution in [0, 0.1) is 11.9 Å². The summed E-state index contributed by atoms with van der Waals surface area (Å²) < 4.78 is 12.6. The molecule has 1 aromatic heterocycles. The third-order valence-electron chi connectivity index (χ3n) is 1.62. The Bertz CT molecular complexity index is 326. The van der Waals surface area contributed by atoms with E-state index in [1.807, 2.05) is 13.8 Å². The second kappa shape index (κ2) is 4.69. The van der Waals surface area contributed by atoms with Crippen LogP contribution in [-0.2, 0) is 0 Å². The molecule has 0 unspecified atom stereocenters. The monoisotopic (exact) mass is 196 g/mol. The fraction of sp³-hybridized carbons (Fsp3) is 0.400. The zero-order valence-corrected chi connectivity index (χ0v) is 8.25. The van der Waals surface area contributed by atoms with Gasteiger partial charge in [0.15, 0.2) is 0 Å². The van der Waals surface area contributed by atoms with Crippen LogP contribution in [0.25, 0.3) is 0 Å². The Labute approximate surface area is 82.4 Å². The Balaban J connectivity index is 2.61. The van der Waals surface area contributed by atoms with Gasteiger partial charge in [-0.3, -0.25) is 4.79 Å². The SMILES string of the molecule is CC(C)CNC(=O)c1cccc(F)n1. The zero-order chi connectivity index (χ0) is 10.6. The van der Waals surface area contributed by atoms with Gasteiger partial charge in [-0.05, 0) is 18.1 Å². The largest absolute Gasteiger partial charge is 0.350 e. The van der Waals surface area contributed by atoms with Gasteiger partial charge in [0.05, 0.1) is 0 Å². The number of carbonyl (C=O) groups excluding carboxylic acids is 1. The van der Waals surface area contributed by atoms with Crippen molar-refractivity contribution in [3.05, 3.63) is 29.8 Å². The lowest BCUT2D eigenvalue weighted by molar-refractivity contribution is 0.0943. The van der Waals surface area contributed by atoms with Crippen LogP contribution in [0.2, 0.25) is 0 Å². The highest BCUT2D eigenvalue weighted by Crippen LogP contribution is 1.98. The maximum atomic E-state index is 12.6. The summed E-state index contributed by atoms with van der Waals surface area (Å²) >= 11 is 0. The van der Waals surface area contributed by atoms with E-state index >= 15 is 0 Å². The minimum Gasteiger partial charge on any atom is -0.350 e. The molecule has 1 rings (SSSR count). The van der Waals surface area contributed by atoms with Gasteiger partial charge in [-0.25, -0.2) is 4.98 Å². The molecule has 0 bridgehead atoms. The Hall–Kier alpha value is -1.45. The first-order chi connectivity index (χ1) is 6.59. The van der Waals surface area contributed by atoms with Crippen molar-refractivity contribution in [2.45, 2.75) is 13.8 Å². The molecule has 3 nitrogen and oxygen atoms in total. The molecule has 14 heavy (non-hydrogen) atoms. The molecule has 0 aromatic carbocycles. The molecule has 0 saturated heterocycles. The van der Waals surface area contributed by atoms with E-state index in [2.05, 4.69) is 10.3 Å². The van der Waals surface area contributed by atoms with Gasteiger partial charge in [-0.1, -0.05) is 19.9 Å². The molecule has 0 aliphatic carbocycles. The van der Waals surface area contributed by atoms with Crippen molar-refractivity contribution >= 4 is 5.91 Å². The van der Waals surface area contributed by atoms with Crippen LogP contribution in [0.15, 0.2) is 18.2 Å². The van der Waals surface area contributed by atoms with Crippen molar-refractivity contribution in [3.8, 4) is 0 Å². The number of rotatable bonds is 3. The number of pyridine rings is 1. The lowest BCUT2D eigenvalue weighted by Gasteiger charge is -2.06.